The number of thiophene rings is 1. The van der Waals surface area contributed by atoms with E-state index in [1.807, 2.05) is 48.7 Å². The van der Waals surface area contributed by atoms with Crippen molar-refractivity contribution in [2.24, 2.45) is 0 Å². The molecule has 0 bridgehead atoms. The summed E-state index contributed by atoms with van der Waals surface area (Å²) in [6.45, 7) is 3.15. The van der Waals surface area contributed by atoms with E-state index in [0.29, 0.717) is 48.0 Å². The van der Waals surface area contributed by atoms with Crippen LogP contribution in [0.5, 0.6) is 0 Å². The van der Waals surface area contributed by atoms with Crippen LogP contribution in [-0.2, 0) is 26.0 Å². The van der Waals surface area contributed by atoms with Crippen LogP contribution in [0.4, 0.5) is 0 Å². The number of carbonyl (C=O) groups excluding carboxylic acids is 1. The maximum Gasteiger partial charge on any atom is 0.244 e. The van der Waals surface area contributed by atoms with Crippen LogP contribution in [0.25, 0.3) is 10.8 Å². The number of fused-ring (bicyclic) bond motifs is 2. The lowest BCUT2D eigenvalue weighted by Gasteiger charge is -2.38. The summed E-state index contributed by atoms with van der Waals surface area (Å²) in [5.41, 5.74) is 1.77. The Bertz CT molecular complexity index is 1620. The van der Waals surface area contributed by atoms with Crippen molar-refractivity contribution in [2.45, 2.75) is 30.7 Å². The molecule has 1 unspecified atom stereocenters. The zero-order valence-corrected chi connectivity index (χ0v) is 25.2. The molecule has 6 nitrogen and oxygen atoms in total. The predicted molar refractivity (Wildman–Crippen MR) is 162 cm³/mol. The Hall–Kier alpha value is -2.46. The SMILES string of the molecule is CCOCCCN(CC(=O)N1CCc2sccc2C1c1ccc(Cl)cc1Cl)S(=O)(=O)c1cccc2ccccc12. The van der Waals surface area contributed by atoms with Crippen molar-refractivity contribution < 1.29 is 17.9 Å². The van der Waals surface area contributed by atoms with E-state index in [9.17, 15) is 13.2 Å². The van der Waals surface area contributed by atoms with E-state index in [-0.39, 0.29) is 23.9 Å². The monoisotopic (exact) mass is 616 g/mol. The highest BCUT2D eigenvalue weighted by Gasteiger charge is 2.36. The molecule has 0 N–H and O–H groups in total. The van der Waals surface area contributed by atoms with Gasteiger partial charge in [0.1, 0.15) is 0 Å². The molecule has 0 saturated carbocycles. The van der Waals surface area contributed by atoms with Crippen LogP contribution < -0.4 is 0 Å². The fourth-order valence-electron chi connectivity index (χ4n) is 5.22. The number of carbonyl (C=O) groups is 1. The Kier molecular flexibility index (Phi) is 9.14. The second-order valence-corrected chi connectivity index (χ2v) is 13.3. The summed E-state index contributed by atoms with van der Waals surface area (Å²) < 4.78 is 35.0. The molecule has 0 saturated heterocycles. The molecule has 1 aliphatic rings. The van der Waals surface area contributed by atoms with Crippen LogP contribution in [0.1, 0.15) is 35.4 Å². The highest BCUT2D eigenvalue weighted by atomic mass is 35.5. The summed E-state index contributed by atoms with van der Waals surface area (Å²) >= 11 is 14.5. The van der Waals surface area contributed by atoms with Crippen molar-refractivity contribution in [3.63, 3.8) is 0 Å². The lowest BCUT2D eigenvalue weighted by Crippen LogP contribution is -2.47. The Morgan fingerprint density at radius 3 is 2.67 bits per heavy atom. The first-order chi connectivity index (χ1) is 19.3. The molecule has 40 heavy (non-hydrogen) atoms. The minimum Gasteiger partial charge on any atom is -0.382 e. The molecule has 0 radical (unpaired) electrons. The Balaban J connectivity index is 1.50. The molecule has 0 aliphatic carbocycles. The summed E-state index contributed by atoms with van der Waals surface area (Å²) in [7, 11) is -4.01. The molecule has 5 rings (SSSR count). The lowest BCUT2D eigenvalue weighted by molar-refractivity contribution is -0.133. The minimum absolute atomic E-state index is 0.154. The molecule has 10 heteroatoms. The second-order valence-electron chi connectivity index (χ2n) is 9.57. The van der Waals surface area contributed by atoms with Crippen LogP contribution in [0, 0.1) is 0 Å². The number of hydrogen-bond donors (Lipinski definition) is 0. The van der Waals surface area contributed by atoms with Gasteiger partial charge in [-0.3, -0.25) is 4.79 Å². The van der Waals surface area contributed by atoms with E-state index in [2.05, 4.69) is 0 Å². The van der Waals surface area contributed by atoms with Crippen molar-refractivity contribution in [3.8, 4) is 0 Å². The first kappa shape index (κ1) is 29.0. The number of hydrogen-bond acceptors (Lipinski definition) is 5. The number of amides is 1. The molecular weight excluding hydrogens is 587 g/mol. The maximum atomic E-state index is 14.1. The third-order valence-corrected chi connectivity index (χ3v) is 10.6. The molecule has 0 fully saturated rings. The normalized spacial score (nSPS) is 15.5. The smallest absolute Gasteiger partial charge is 0.244 e. The van der Waals surface area contributed by atoms with Crippen molar-refractivity contribution in [2.75, 3.05) is 32.8 Å². The Morgan fingerprint density at radius 1 is 1.07 bits per heavy atom. The molecule has 4 aromatic rings. The number of ether oxygens (including phenoxy) is 1. The van der Waals surface area contributed by atoms with Gasteiger partial charge in [0.25, 0.3) is 0 Å². The zero-order valence-electron chi connectivity index (χ0n) is 22.1. The molecule has 1 amide bonds. The van der Waals surface area contributed by atoms with Crippen LogP contribution in [0.15, 0.2) is 77.0 Å². The standard InChI is InChI=1S/C30H30Cl2N2O4S2/c1-2-38-17-6-15-33(40(36,37)28-10-5-8-21-7-3-4-9-23(21)28)20-29(35)34-16-13-27-25(14-18-39-27)30(34)24-12-11-22(31)19-26(24)32/h3-5,7-12,14,18-19,30H,2,6,13,15-17,20H2,1H3. The number of sulfonamides is 1. The van der Waals surface area contributed by atoms with E-state index in [1.54, 1.807) is 46.6 Å². The van der Waals surface area contributed by atoms with Gasteiger partial charge in [-0.1, -0.05) is 65.7 Å². The Labute approximate surface area is 249 Å². The average molecular weight is 618 g/mol. The molecule has 1 aliphatic heterocycles. The highest BCUT2D eigenvalue weighted by molar-refractivity contribution is 7.89. The van der Waals surface area contributed by atoms with Gasteiger partial charge >= 0.3 is 0 Å². The summed E-state index contributed by atoms with van der Waals surface area (Å²) in [4.78, 5) is 17.2. The van der Waals surface area contributed by atoms with Gasteiger partial charge in [0.2, 0.25) is 15.9 Å². The van der Waals surface area contributed by atoms with Crippen LogP contribution in [-0.4, -0.2) is 56.4 Å². The van der Waals surface area contributed by atoms with Crippen LogP contribution in [0.2, 0.25) is 10.0 Å². The topological polar surface area (TPSA) is 66.9 Å². The summed E-state index contributed by atoms with van der Waals surface area (Å²) in [6.07, 6.45) is 1.16. The largest absolute Gasteiger partial charge is 0.382 e. The number of halogens is 2. The van der Waals surface area contributed by atoms with Gasteiger partial charge in [0.05, 0.1) is 17.5 Å². The van der Waals surface area contributed by atoms with Crippen molar-refractivity contribution in [1.82, 2.24) is 9.21 Å². The van der Waals surface area contributed by atoms with E-state index in [0.717, 1.165) is 16.5 Å². The van der Waals surface area contributed by atoms with Gasteiger partial charge in [0, 0.05) is 46.6 Å². The van der Waals surface area contributed by atoms with Crippen LogP contribution in [0.3, 0.4) is 0 Å². The van der Waals surface area contributed by atoms with Gasteiger partial charge in [-0.2, -0.15) is 4.31 Å². The van der Waals surface area contributed by atoms with E-state index >= 15 is 0 Å². The third-order valence-electron chi connectivity index (χ3n) is 7.12. The molecule has 1 atom stereocenters. The fourth-order valence-corrected chi connectivity index (χ4v) is 8.27. The molecule has 1 aromatic heterocycles. The summed E-state index contributed by atoms with van der Waals surface area (Å²) in [6, 6.07) is 19.4. The maximum absolute atomic E-state index is 14.1. The van der Waals surface area contributed by atoms with Gasteiger partial charge in [0.15, 0.2) is 0 Å². The Morgan fingerprint density at radius 2 is 1.88 bits per heavy atom. The van der Waals surface area contributed by atoms with Crippen molar-refractivity contribution >= 4 is 61.2 Å². The predicted octanol–water partition coefficient (Wildman–Crippen LogP) is 6.80. The third kappa shape index (κ3) is 5.93. The van der Waals surface area contributed by atoms with E-state index < -0.39 is 16.1 Å². The number of rotatable bonds is 10. The first-order valence-corrected chi connectivity index (χ1v) is 16.2. The fraction of sp³-hybridized carbons (Fsp3) is 0.300. The second kappa shape index (κ2) is 12.6. The molecule has 210 valence electrons. The minimum atomic E-state index is -4.01. The van der Waals surface area contributed by atoms with Crippen molar-refractivity contribution in [1.29, 1.82) is 0 Å². The lowest BCUT2D eigenvalue weighted by atomic mass is 9.93. The van der Waals surface area contributed by atoms with E-state index in [4.69, 9.17) is 27.9 Å². The molecule has 2 heterocycles. The zero-order chi connectivity index (χ0) is 28.3. The van der Waals surface area contributed by atoms with E-state index in [1.165, 1.54) is 9.18 Å². The van der Waals surface area contributed by atoms with Gasteiger partial charge in [-0.05, 0) is 65.9 Å². The number of nitrogens with zero attached hydrogens (tertiary/aromatic N) is 2. The molecule has 0 spiro atoms. The quantitative estimate of drug-likeness (QED) is 0.184. The van der Waals surface area contributed by atoms with Crippen molar-refractivity contribution in [3.05, 3.63) is 98.2 Å². The summed E-state index contributed by atoms with van der Waals surface area (Å²) in [5.74, 6) is -0.284. The molecular formula is C30H30Cl2N2O4S2. The van der Waals surface area contributed by atoms with Gasteiger partial charge in [-0.25, -0.2) is 8.42 Å². The highest BCUT2D eigenvalue weighted by Crippen LogP contribution is 2.41. The van der Waals surface area contributed by atoms with Gasteiger partial charge in [-0.15, -0.1) is 11.3 Å². The number of benzene rings is 3. The molecule has 3 aromatic carbocycles. The first-order valence-electron chi connectivity index (χ1n) is 13.2. The van der Waals surface area contributed by atoms with Crippen LogP contribution >= 0.6 is 34.5 Å². The van der Waals surface area contributed by atoms with Gasteiger partial charge < -0.3 is 9.64 Å². The summed E-state index contributed by atoms with van der Waals surface area (Å²) in [5, 5.41) is 4.43. The average Bonchev–Trinajstić information content (AvgIpc) is 3.43.